The number of allylic oxidation sites excluding steroid dienone is 1. The van der Waals surface area contributed by atoms with Crippen molar-refractivity contribution in [2.45, 2.75) is 37.6 Å². The van der Waals surface area contributed by atoms with E-state index in [4.69, 9.17) is 10.5 Å². The van der Waals surface area contributed by atoms with E-state index in [2.05, 4.69) is 15.6 Å². The summed E-state index contributed by atoms with van der Waals surface area (Å²) in [7, 11) is 1.57. The van der Waals surface area contributed by atoms with Gasteiger partial charge in [0.2, 0.25) is 11.8 Å². The number of ketones is 1. The Balaban J connectivity index is 1.62. The largest absolute Gasteiger partial charge is 0.481 e. The fourth-order valence-electron chi connectivity index (χ4n) is 3.24. The van der Waals surface area contributed by atoms with Gasteiger partial charge in [-0.1, -0.05) is 6.07 Å². The molecule has 132 valence electrons. The van der Waals surface area contributed by atoms with E-state index >= 15 is 0 Å². The normalized spacial score (nSPS) is 23.4. The molecule has 25 heavy (non-hydrogen) atoms. The molecule has 0 saturated heterocycles. The van der Waals surface area contributed by atoms with Crippen molar-refractivity contribution in [2.24, 2.45) is 5.73 Å². The van der Waals surface area contributed by atoms with Crippen LogP contribution in [0, 0.1) is 0 Å². The van der Waals surface area contributed by atoms with Crippen molar-refractivity contribution in [1.82, 2.24) is 15.6 Å². The molecule has 8 heteroatoms. The second kappa shape index (κ2) is 6.92. The lowest BCUT2D eigenvalue weighted by atomic mass is 9.99. The first-order valence-electron chi connectivity index (χ1n) is 8.11. The van der Waals surface area contributed by atoms with Gasteiger partial charge in [-0.25, -0.2) is 4.98 Å². The number of carbonyl (C=O) groups excluding carboxylic acids is 3. The first-order chi connectivity index (χ1) is 12.0. The van der Waals surface area contributed by atoms with E-state index in [1.54, 1.807) is 13.3 Å². The Hall–Kier alpha value is -2.90. The van der Waals surface area contributed by atoms with E-state index in [1.807, 2.05) is 12.1 Å². The highest BCUT2D eigenvalue weighted by Crippen LogP contribution is 2.34. The SMILES string of the molecule is COc1ccc([C@@H]2CC[C@@H](NC(=O)C3=C(N)C(=O)CC(=O)N3)C2)cn1. The van der Waals surface area contributed by atoms with Gasteiger partial charge in [-0.2, -0.15) is 0 Å². The third-order valence-corrected chi connectivity index (χ3v) is 4.59. The van der Waals surface area contributed by atoms with E-state index in [0.717, 1.165) is 24.8 Å². The van der Waals surface area contributed by atoms with Crippen LogP contribution in [0.4, 0.5) is 0 Å². The Morgan fingerprint density at radius 3 is 2.84 bits per heavy atom. The number of rotatable bonds is 4. The van der Waals surface area contributed by atoms with E-state index in [-0.39, 0.29) is 29.8 Å². The van der Waals surface area contributed by atoms with Crippen molar-refractivity contribution in [3.05, 3.63) is 35.3 Å². The summed E-state index contributed by atoms with van der Waals surface area (Å²) < 4.78 is 5.05. The van der Waals surface area contributed by atoms with Crippen LogP contribution in [0.3, 0.4) is 0 Å². The molecule has 2 amide bonds. The topological polar surface area (TPSA) is 123 Å². The van der Waals surface area contributed by atoms with E-state index in [0.29, 0.717) is 5.88 Å². The molecule has 1 saturated carbocycles. The predicted molar refractivity (Wildman–Crippen MR) is 88.3 cm³/mol. The third-order valence-electron chi connectivity index (χ3n) is 4.59. The zero-order valence-electron chi connectivity index (χ0n) is 13.9. The maximum atomic E-state index is 12.3. The van der Waals surface area contributed by atoms with Crippen molar-refractivity contribution in [3.63, 3.8) is 0 Å². The summed E-state index contributed by atoms with van der Waals surface area (Å²) in [5.41, 5.74) is 6.40. The molecule has 2 heterocycles. The Bertz CT molecular complexity index is 742. The number of nitrogens with two attached hydrogens (primary N) is 1. The lowest BCUT2D eigenvalue weighted by molar-refractivity contribution is -0.129. The molecule has 0 aromatic carbocycles. The molecule has 4 N–H and O–H groups in total. The lowest BCUT2D eigenvalue weighted by Gasteiger charge is -2.19. The maximum Gasteiger partial charge on any atom is 0.270 e. The van der Waals surface area contributed by atoms with Crippen LogP contribution in [0.5, 0.6) is 5.88 Å². The van der Waals surface area contributed by atoms with Gasteiger partial charge in [0.05, 0.1) is 13.5 Å². The summed E-state index contributed by atoms with van der Waals surface area (Å²) in [5, 5.41) is 5.24. The van der Waals surface area contributed by atoms with Crippen LogP contribution >= 0.6 is 0 Å². The smallest absolute Gasteiger partial charge is 0.270 e. The summed E-state index contributed by atoms with van der Waals surface area (Å²) in [6, 6.07) is 3.74. The van der Waals surface area contributed by atoms with Crippen LogP contribution in [0.15, 0.2) is 29.7 Å². The Kier molecular flexibility index (Phi) is 4.69. The molecule has 3 rings (SSSR count). The van der Waals surface area contributed by atoms with Crippen LogP contribution in [-0.2, 0) is 14.4 Å². The standard InChI is InChI=1S/C17H20N4O4/c1-25-14-5-3-10(8-19-14)9-2-4-11(6-9)20-17(24)16-15(18)12(22)7-13(23)21-16/h3,5,8-9,11H,2,4,6-7,18H2,1H3,(H,20,24)(H,21,23)/t9-,11-/m1/s1. The Morgan fingerprint density at radius 2 is 2.16 bits per heavy atom. The number of methoxy groups -OCH3 is 1. The number of nitrogens with zero attached hydrogens (tertiary/aromatic N) is 1. The van der Waals surface area contributed by atoms with Crippen LogP contribution < -0.4 is 21.1 Å². The molecule has 2 atom stereocenters. The molecule has 0 unspecified atom stereocenters. The van der Waals surface area contributed by atoms with Gasteiger partial charge in [-0.15, -0.1) is 0 Å². The average molecular weight is 344 g/mol. The highest BCUT2D eigenvalue weighted by atomic mass is 16.5. The fourth-order valence-corrected chi connectivity index (χ4v) is 3.24. The third kappa shape index (κ3) is 3.62. The molecule has 1 aliphatic carbocycles. The number of ether oxygens (including phenoxy) is 1. The van der Waals surface area contributed by atoms with Gasteiger partial charge in [0.1, 0.15) is 11.4 Å². The zero-order valence-corrected chi connectivity index (χ0v) is 13.9. The zero-order chi connectivity index (χ0) is 18.0. The minimum absolute atomic E-state index is 0.0474. The monoisotopic (exact) mass is 344 g/mol. The maximum absolute atomic E-state index is 12.3. The van der Waals surface area contributed by atoms with E-state index in [1.165, 1.54) is 0 Å². The summed E-state index contributed by atoms with van der Waals surface area (Å²) in [6.45, 7) is 0. The molecule has 8 nitrogen and oxygen atoms in total. The molecule has 0 spiro atoms. The minimum Gasteiger partial charge on any atom is -0.481 e. The van der Waals surface area contributed by atoms with E-state index < -0.39 is 17.6 Å². The molecule has 0 bridgehead atoms. The number of Topliss-reactive ketones (excluding diaryl/α,β-unsaturated/α-hetero) is 1. The summed E-state index contributed by atoms with van der Waals surface area (Å²) in [6.07, 6.45) is 3.94. The summed E-state index contributed by atoms with van der Waals surface area (Å²) in [4.78, 5) is 39.6. The molecule has 1 aromatic rings. The molecule has 1 aromatic heterocycles. The van der Waals surface area contributed by atoms with Crippen molar-refractivity contribution in [3.8, 4) is 5.88 Å². The average Bonchev–Trinajstić information content (AvgIpc) is 3.06. The number of hydrogen-bond donors (Lipinski definition) is 3. The lowest BCUT2D eigenvalue weighted by Crippen LogP contribution is -2.45. The van der Waals surface area contributed by atoms with Crippen molar-refractivity contribution in [1.29, 1.82) is 0 Å². The van der Waals surface area contributed by atoms with Gasteiger partial charge in [0.15, 0.2) is 5.78 Å². The second-order valence-electron chi connectivity index (χ2n) is 6.25. The van der Waals surface area contributed by atoms with Crippen LogP contribution in [0.2, 0.25) is 0 Å². The number of hydrogen-bond acceptors (Lipinski definition) is 6. The molecule has 1 fully saturated rings. The van der Waals surface area contributed by atoms with Crippen molar-refractivity contribution < 1.29 is 19.1 Å². The van der Waals surface area contributed by atoms with E-state index in [9.17, 15) is 14.4 Å². The van der Waals surface area contributed by atoms with Gasteiger partial charge in [-0.05, 0) is 30.7 Å². The summed E-state index contributed by atoms with van der Waals surface area (Å²) >= 11 is 0. The minimum atomic E-state index is -0.525. The van der Waals surface area contributed by atoms with Crippen LogP contribution in [0.1, 0.15) is 37.2 Å². The van der Waals surface area contributed by atoms with Crippen molar-refractivity contribution >= 4 is 17.6 Å². The first-order valence-corrected chi connectivity index (χ1v) is 8.11. The Morgan fingerprint density at radius 1 is 1.36 bits per heavy atom. The highest BCUT2D eigenvalue weighted by molar-refractivity contribution is 6.16. The molecular weight excluding hydrogens is 324 g/mol. The van der Waals surface area contributed by atoms with Crippen LogP contribution in [0.25, 0.3) is 0 Å². The first kappa shape index (κ1) is 16.9. The number of amides is 2. The van der Waals surface area contributed by atoms with Gasteiger partial charge >= 0.3 is 0 Å². The quantitative estimate of drug-likeness (QED) is 0.666. The van der Waals surface area contributed by atoms with Gasteiger partial charge in [0, 0.05) is 18.3 Å². The predicted octanol–water partition coefficient (Wildman–Crippen LogP) is 0.102. The number of pyridine rings is 1. The summed E-state index contributed by atoms with van der Waals surface area (Å²) in [5.74, 6) is -0.706. The van der Waals surface area contributed by atoms with Gasteiger partial charge in [-0.3, -0.25) is 14.4 Å². The van der Waals surface area contributed by atoms with Gasteiger partial charge in [0.25, 0.3) is 5.91 Å². The Labute approximate surface area is 144 Å². The van der Waals surface area contributed by atoms with Gasteiger partial charge < -0.3 is 21.1 Å². The van der Waals surface area contributed by atoms with Crippen LogP contribution in [-0.4, -0.2) is 35.7 Å². The molecular formula is C17H20N4O4. The fraction of sp³-hybridized carbons (Fsp3) is 0.412. The molecule has 1 aliphatic heterocycles. The second-order valence-corrected chi connectivity index (χ2v) is 6.25. The highest BCUT2D eigenvalue weighted by Gasteiger charge is 2.31. The molecule has 2 aliphatic rings. The number of carbonyl (C=O) groups is 3. The number of aromatic nitrogens is 1. The van der Waals surface area contributed by atoms with Crippen molar-refractivity contribution in [2.75, 3.05) is 7.11 Å². The number of nitrogens with one attached hydrogen (secondary N) is 2. The molecule has 0 radical (unpaired) electrons.